The summed E-state index contributed by atoms with van der Waals surface area (Å²) in [5.74, 6) is 0.793. The maximum atomic E-state index is 5.77. The van der Waals surface area contributed by atoms with Crippen molar-refractivity contribution >= 4 is 44.5 Å². The maximum absolute atomic E-state index is 5.77. The first-order valence-corrected chi connectivity index (χ1v) is 7.33. The highest BCUT2D eigenvalue weighted by molar-refractivity contribution is 14.1. The monoisotopic (exact) mass is 397 g/mol. The first-order valence-electron chi connectivity index (χ1n) is 5.13. The summed E-state index contributed by atoms with van der Waals surface area (Å²) in [6.45, 7) is 3.77. The molecule has 0 radical (unpaired) electrons. The van der Waals surface area contributed by atoms with Gasteiger partial charge in [0.15, 0.2) is 0 Å². The van der Waals surface area contributed by atoms with Crippen molar-refractivity contribution in [3.8, 4) is 0 Å². The van der Waals surface area contributed by atoms with Crippen LogP contribution >= 0.6 is 38.5 Å². The largest absolute Gasteiger partial charge is 0.371 e. The molecule has 0 aromatic carbocycles. The van der Waals surface area contributed by atoms with Gasteiger partial charge in [-0.25, -0.2) is 9.97 Å². The van der Waals surface area contributed by atoms with Gasteiger partial charge >= 0.3 is 0 Å². The van der Waals surface area contributed by atoms with Crippen LogP contribution in [0.4, 0.5) is 5.95 Å². The normalized spacial score (nSPS) is 25.8. The first-order chi connectivity index (χ1) is 7.69. The number of aromatic nitrogens is 2. The number of anilines is 1. The van der Waals surface area contributed by atoms with Gasteiger partial charge in [-0.3, -0.25) is 0 Å². The van der Waals surface area contributed by atoms with E-state index in [0.29, 0.717) is 0 Å². The van der Waals surface area contributed by atoms with Crippen molar-refractivity contribution in [2.45, 2.75) is 19.1 Å². The first kappa shape index (κ1) is 12.5. The average molecular weight is 398 g/mol. The molecule has 1 saturated heterocycles. The summed E-state index contributed by atoms with van der Waals surface area (Å²) < 4.78 is 6.82. The molecular weight excluding hydrogens is 385 g/mol. The van der Waals surface area contributed by atoms with Crippen molar-refractivity contribution in [1.29, 1.82) is 0 Å². The van der Waals surface area contributed by atoms with Crippen LogP contribution in [0.25, 0.3) is 0 Å². The summed E-state index contributed by atoms with van der Waals surface area (Å²) in [5, 5.41) is 0.845. The number of alkyl halides is 1. The molecule has 1 aromatic heterocycles. The van der Waals surface area contributed by atoms with E-state index in [0.717, 1.165) is 27.9 Å². The maximum Gasteiger partial charge on any atom is 0.225 e. The van der Waals surface area contributed by atoms with Gasteiger partial charge in [-0.05, 0) is 29.5 Å². The topological polar surface area (TPSA) is 38.2 Å². The molecule has 2 unspecified atom stereocenters. The van der Waals surface area contributed by atoms with E-state index >= 15 is 0 Å². The van der Waals surface area contributed by atoms with E-state index in [4.69, 9.17) is 4.74 Å². The fourth-order valence-corrected chi connectivity index (χ4v) is 2.40. The molecule has 2 rings (SSSR count). The number of nitrogens with zero attached hydrogens (tertiary/aromatic N) is 3. The molecule has 0 aliphatic carbocycles. The van der Waals surface area contributed by atoms with E-state index in [1.54, 1.807) is 0 Å². The van der Waals surface area contributed by atoms with Gasteiger partial charge in [0.05, 0.1) is 12.2 Å². The van der Waals surface area contributed by atoms with Crippen molar-refractivity contribution in [3.05, 3.63) is 16.0 Å². The molecule has 6 heteroatoms. The van der Waals surface area contributed by atoms with Gasteiger partial charge in [0, 0.05) is 34.4 Å². The van der Waals surface area contributed by atoms with Gasteiger partial charge in [0.25, 0.3) is 0 Å². The van der Waals surface area contributed by atoms with Gasteiger partial charge in [-0.2, -0.15) is 0 Å². The van der Waals surface area contributed by atoms with Crippen LogP contribution in [0.15, 0.2) is 12.4 Å². The van der Waals surface area contributed by atoms with E-state index in [1.807, 2.05) is 12.4 Å². The lowest BCUT2D eigenvalue weighted by atomic mass is 10.2. The molecule has 4 nitrogen and oxygen atoms in total. The SMILES string of the molecule is CC1CN(c2ncc(I)cn2)CC(CBr)O1. The molecule has 1 fully saturated rings. The summed E-state index contributed by atoms with van der Waals surface area (Å²) in [5.41, 5.74) is 0. The van der Waals surface area contributed by atoms with Crippen molar-refractivity contribution in [2.24, 2.45) is 0 Å². The molecule has 1 aliphatic rings. The van der Waals surface area contributed by atoms with Gasteiger partial charge in [-0.15, -0.1) is 0 Å². The molecule has 1 aliphatic heterocycles. The Balaban J connectivity index is 2.11. The number of hydrogen-bond acceptors (Lipinski definition) is 4. The number of ether oxygens (including phenoxy) is 1. The van der Waals surface area contributed by atoms with Gasteiger partial charge < -0.3 is 9.64 Å². The molecule has 16 heavy (non-hydrogen) atoms. The number of halogens is 2. The third-order valence-electron chi connectivity index (χ3n) is 2.39. The molecule has 0 N–H and O–H groups in total. The second kappa shape index (κ2) is 5.59. The Morgan fingerprint density at radius 3 is 2.81 bits per heavy atom. The van der Waals surface area contributed by atoms with Crippen molar-refractivity contribution < 1.29 is 4.74 Å². The highest BCUT2D eigenvalue weighted by atomic mass is 127. The zero-order chi connectivity index (χ0) is 11.5. The van der Waals surface area contributed by atoms with Crippen LogP contribution in [0.1, 0.15) is 6.92 Å². The minimum absolute atomic E-state index is 0.214. The van der Waals surface area contributed by atoms with Crippen LogP contribution in [0.5, 0.6) is 0 Å². The van der Waals surface area contributed by atoms with Crippen LogP contribution < -0.4 is 4.90 Å². The fourth-order valence-electron chi connectivity index (χ4n) is 1.76. The lowest BCUT2D eigenvalue weighted by Crippen LogP contribution is -2.48. The van der Waals surface area contributed by atoms with Gasteiger partial charge in [0.2, 0.25) is 5.95 Å². The Morgan fingerprint density at radius 2 is 2.19 bits per heavy atom. The van der Waals surface area contributed by atoms with Crippen LogP contribution in [0.2, 0.25) is 0 Å². The molecule has 2 atom stereocenters. The van der Waals surface area contributed by atoms with Crippen molar-refractivity contribution in [2.75, 3.05) is 23.3 Å². The van der Waals surface area contributed by atoms with Crippen LogP contribution in [0.3, 0.4) is 0 Å². The second-order valence-electron chi connectivity index (χ2n) is 3.83. The van der Waals surface area contributed by atoms with Crippen molar-refractivity contribution in [3.63, 3.8) is 0 Å². The molecule has 88 valence electrons. The third kappa shape index (κ3) is 3.04. The quantitative estimate of drug-likeness (QED) is 0.565. The standard InChI is InChI=1S/C10H13BrIN3O/c1-7-5-15(6-9(2-11)16-7)10-13-3-8(12)4-14-10/h3-4,7,9H,2,5-6H2,1H3. The van der Waals surface area contributed by atoms with E-state index in [9.17, 15) is 0 Å². The van der Waals surface area contributed by atoms with Crippen LogP contribution in [0, 0.1) is 3.57 Å². The highest BCUT2D eigenvalue weighted by Crippen LogP contribution is 2.17. The van der Waals surface area contributed by atoms with E-state index in [2.05, 4.69) is 60.3 Å². The zero-order valence-corrected chi connectivity index (χ0v) is 12.7. The molecule has 0 spiro atoms. The number of rotatable bonds is 2. The van der Waals surface area contributed by atoms with Crippen LogP contribution in [-0.2, 0) is 4.74 Å². The summed E-state index contributed by atoms with van der Waals surface area (Å²) in [4.78, 5) is 10.9. The lowest BCUT2D eigenvalue weighted by molar-refractivity contribution is -0.00249. The molecule has 0 bridgehead atoms. The van der Waals surface area contributed by atoms with Gasteiger partial charge in [-0.1, -0.05) is 15.9 Å². The lowest BCUT2D eigenvalue weighted by Gasteiger charge is -2.36. The molecule has 2 heterocycles. The Labute approximate surface area is 117 Å². The Hall–Kier alpha value is 0.0500. The number of morpholine rings is 1. The molecular formula is C10H13BrIN3O. The zero-order valence-electron chi connectivity index (χ0n) is 8.94. The highest BCUT2D eigenvalue weighted by Gasteiger charge is 2.25. The Kier molecular flexibility index (Phi) is 4.37. The minimum atomic E-state index is 0.214. The second-order valence-corrected chi connectivity index (χ2v) is 5.72. The fraction of sp³-hybridized carbons (Fsp3) is 0.600. The minimum Gasteiger partial charge on any atom is -0.371 e. The molecule has 0 amide bonds. The third-order valence-corrected chi connectivity index (χ3v) is 3.67. The van der Waals surface area contributed by atoms with E-state index in [-0.39, 0.29) is 12.2 Å². The molecule has 0 saturated carbocycles. The van der Waals surface area contributed by atoms with Crippen molar-refractivity contribution in [1.82, 2.24) is 9.97 Å². The summed E-state index contributed by atoms with van der Waals surface area (Å²) in [7, 11) is 0. The van der Waals surface area contributed by atoms with Crippen LogP contribution in [-0.4, -0.2) is 40.6 Å². The van der Waals surface area contributed by atoms with E-state index in [1.165, 1.54) is 0 Å². The summed E-state index contributed by atoms with van der Waals surface area (Å²) in [6, 6.07) is 0. The summed E-state index contributed by atoms with van der Waals surface area (Å²) >= 11 is 5.66. The van der Waals surface area contributed by atoms with E-state index < -0.39 is 0 Å². The Bertz CT molecular complexity index is 348. The smallest absolute Gasteiger partial charge is 0.225 e. The Morgan fingerprint density at radius 1 is 1.50 bits per heavy atom. The number of hydrogen-bond donors (Lipinski definition) is 0. The molecule has 1 aromatic rings. The van der Waals surface area contributed by atoms with Gasteiger partial charge in [0.1, 0.15) is 0 Å². The average Bonchev–Trinajstić information content (AvgIpc) is 2.29. The summed E-state index contributed by atoms with van der Waals surface area (Å²) in [6.07, 6.45) is 4.11. The predicted molar refractivity (Wildman–Crippen MR) is 75.1 cm³/mol. The predicted octanol–water partition coefficient (Wildman–Crippen LogP) is 2.07.